The van der Waals surface area contributed by atoms with Crippen molar-refractivity contribution in [1.82, 2.24) is 10.1 Å². The predicted molar refractivity (Wildman–Crippen MR) is 67.9 cm³/mol. The average molecular weight is 247 g/mol. The maximum absolute atomic E-state index is 5.82. The highest BCUT2D eigenvalue weighted by atomic mass is 16.5. The molecule has 0 bridgehead atoms. The number of aryl methyl sites for hydroxylation is 1. The highest BCUT2D eigenvalue weighted by molar-refractivity contribution is 5.54. The summed E-state index contributed by atoms with van der Waals surface area (Å²) in [6.07, 6.45) is 1.01. The van der Waals surface area contributed by atoms with E-state index in [2.05, 4.69) is 29.2 Å². The third-order valence-electron chi connectivity index (χ3n) is 2.73. The van der Waals surface area contributed by atoms with Gasteiger partial charge in [0.2, 0.25) is 11.7 Å². The molecule has 5 nitrogen and oxygen atoms in total. The summed E-state index contributed by atoms with van der Waals surface area (Å²) in [5.41, 5.74) is 8.02. The van der Waals surface area contributed by atoms with E-state index in [1.54, 1.807) is 7.11 Å². The van der Waals surface area contributed by atoms with Gasteiger partial charge in [-0.15, -0.1) is 0 Å². The zero-order valence-electron chi connectivity index (χ0n) is 10.6. The van der Waals surface area contributed by atoms with Crippen LogP contribution in [0.15, 0.2) is 28.8 Å². The summed E-state index contributed by atoms with van der Waals surface area (Å²) in [5.74, 6) is 0.950. The van der Waals surface area contributed by atoms with Gasteiger partial charge in [0, 0.05) is 12.7 Å². The van der Waals surface area contributed by atoms with Crippen molar-refractivity contribution in [2.75, 3.05) is 13.7 Å². The number of ether oxygens (including phenoxy) is 1. The molecule has 2 aromatic rings. The van der Waals surface area contributed by atoms with Crippen LogP contribution < -0.4 is 5.73 Å². The Kier molecular flexibility index (Phi) is 4.07. The van der Waals surface area contributed by atoms with Gasteiger partial charge in [0.05, 0.1) is 6.61 Å². The van der Waals surface area contributed by atoms with E-state index in [-0.39, 0.29) is 6.04 Å². The molecule has 0 spiro atoms. The molecule has 1 heterocycles. The van der Waals surface area contributed by atoms with Gasteiger partial charge in [0.15, 0.2) is 0 Å². The average Bonchev–Trinajstić information content (AvgIpc) is 2.89. The third kappa shape index (κ3) is 2.75. The second-order valence-corrected chi connectivity index (χ2v) is 4.07. The molecule has 5 heteroatoms. The molecule has 2 rings (SSSR count). The van der Waals surface area contributed by atoms with E-state index in [9.17, 15) is 0 Å². The first kappa shape index (κ1) is 12.7. The summed E-state index contributed by atoms with van der Waals surface area (Å²) >= 11 is 0. The van der Waals surface area contributed by atoms with Crippen LogP contribution in [0.25, 0.3) is 11.4 Å². The lowest BCUT2D eigenvalue weighted by molar-refractivity contribution is 0.166. The topological polar surface area (TPSA) is 74.2 Å². The molecular weight excluding hydrogens is 230 g/mol. The van der Waals surface area contributed by atoms with Gasteiger partial charge in [0.25, 0.3) is 0 Å². The molecule has 96 valence electrons. The van der Waals surface area contributed by atoms with Gasteiger partial charge in [-0.3, -0.25) is 0 Å². The van der Waals surface area contributed by atoms with Gasteiger partial charge in [-0.2, -0.15) is 4.98 Å². The third-order valence-corrected chi connectivity index (χ3v) is 2.73. The molecule has 0 aliphatic rings. The highest BCUT2D eigenvalue weighted by Gasteiger charge is 2.15. The first-order valence-electron chi connectivity index (χ1n) is 5.92. The van der Waals surface area contributed by atoms with Crippen molar-refractivity contribution in [3.63, 3.8) is 0 Å². The lowest BCUT2D eigenvalue weighted by Gasteiger charge is -2.02. The van der Waals surface area contributed by atoms with E-state index in [1.807, 2.05) is 12.1 Å². The van der Waals surface area contributed by atoms with Crippen LogP contribution in [0.2, 0.25) is 0 Å². The number of methoxy groups -OCH3 is 1. The quantitative estimate of drug-likeness (QED) is 0.874. The number of hydrogen-bond acceptors (Lipinski definition) is 5. The van der Waals surface area contributed by atoms with Crippen LogP contribution in [-0.4, -0.2) is 23.9 Å². The van der Waals surface area contributed by atoms with Gasteiger partial charge < -0.3 is 15.0 Å². The molecule has 0 saturated heterocycles. The molecule has 0 saturated carbocycles. The Morgan fingerprint density at radius 3 is 2.67 bits per heavy atom. The standard InChI is InChI=1S/C13H17N3O2/c1-3-9-4-6-10(7-5-9)12-15-13(18-16-12)11(14)8-17-2/h4-7,11H,3,8,14H2,1-2H3. The van der Waals surface area contributed by atoms with Crippen molar-refractivity contribution in [1.29, 1.82) is 0 Å². The van der Waals surface area contributed by atoms with E-state index in [1.165, 1.54) is 5.56 Å². The van der Waals surface area contributed by atoms with Crippen LogP contribution in [0.1, 0.15) is 24.4 Å². The zero-order valence-corrected chi connectivity index (χ0v) is 10.6. The van der Waals surface area contributed by atoms with Crippen LogP contribution in [0.3, 0.4) is 0 Å². The number of nitrogens with two attached hydrogens (primary N) is 1. The summed E-state index contributed by atoms with van der Waals surface area (Å²) in [5, 5.41) is 3.92. The SMILES string of the molecule is CCc1ccc(-c2noc(C(N)COC)n2)cc1. The largest absolute Gasteiger partial charge is 0.383 e. The molecule has 1 aromatic heterocycles. The Balaban J connectivity index is 2.18. The lowest BCUT2D eigenvalue weighted by atomic mass is 10.1. The molecule has 0 radical (unpaired) electrons. The molecule has 0 fully saturated rings. The van der Waals surface area contributed by atoms with E-state index in [4.69, 9.17) is 15.0 Å². The number of rotatable bonds is 5. The van der Waals surface area contributed by atoms with Crippen molar-refractivity contribution in [2.24, 2.45) is 5.73 Å². The second-order valence-electron chi connectivity index (χ2n) is 4.07. The molecular formula is C13H17N3O2. The Bertz CT molecular complexity index is 493. The fraction of sp³-hybridized carbons (Fsp3) is 0.385. The van der Waals surface area contributed by atoms with E-state index >= 15 is 0 Å². The molecule has 0 aliphatic carbocycles. The molecule has 1 unspecified atom stereocenters. The monoisotopic (exact) mass is 247 g/mol. The van der Waals surface area contributed by atoms with Crippen molar-refractivity contribution < 1.29 is 9.26 Å². The first-order chi connectivity index (χ1) is 8.74. The molecule has 0 amide bonds. The Morgan fingerprint density at radius 1 is 1.33 bits per heavy atom. The van der Waals surface area contributed by atoms with E-state index in [0.717, 1.165) is 12.0 Å². The smallest absolute Gasteiger partial charge is 0.246 e. The van der Waals surface area contributed by atoms with Gasteiger partial charge in [-0.05, 0) is 12.0 Å². The van der Waals surface area contributed by atoms with Crippen LogP contribution in [-0.2, 0) is 11.2 Å². The van der Waals surface area contributed by atoms with Gasteiger partial charge in [-0.25, -0.2) is 0 Å². The summed E-state index contributed by atoms with van der Waals surface area (Å²) < 4.78 is 10.1. The summed E-state index contributed by atoms with van der Waals surface area (Å²) in [6, 6.07) is 7.69. The maximum atomic E-state index is 5.82. The van der Waals surface area contributed by atoms with Crippen LogP contribution >= 0.6 is 0 Å². The van der Waals surface area contributed by atoms with Crippen LogP contribution in [0, 0.1) is 0 Å². The van der Waals surface area contributed by atoms with Crippen molar-refractivity contribution in [2.45, 2.75) is 19.4 Å². The van der Waals surface area contributed by atoms with Crippen LogP contribution in [0.5, 0.6) is 0 Å². The molecule has 2 N–H and O–H groups in total. The molecule has 1 atom stereocenters. The minimum atomic E-state index is -0.383. The normalized spacial score (nSPS) is 12.6. The fourth-order valence-corrected chi connectivity index (χ4v) is 1.64. The van der Waals surface area contributed by atoms with E-state index < -0.39 is 0 Å². The van der Waals surface area contributed by atoms with Crippen molar-refractivity contribution in [3.05, 3.63) is 35.7 Å². The minimum Gasteiger partial charge on any atom is -0.383 e. The highest BCUT2D eigenvalue weighted by Crippen LogP contribution is 2.18. The van der Waals surface area contributed by atoms with Crippen molar-refractivity contribution in [3.8, 4) is 11.4 Å². The summed E-state index contributed by atoms with van der Waals surface area (Å²) in [7, 11) is 1.58. The van der Waals surface area contributed by atoms with Gasteiger partial charge in [-0.1, -0.05) is 36.3 Å². The zero-order chi connectivity index (χ0) is 13.0. The minimum absolute atomic E-state index is 0.358. The van der Waals surface area contributed by atoms with Crippen LogP contribution in [0.4, 0.5) is 0 Å². The number of aromatic nitrogens is 2. The fourth-order valence-electron chi connectivity index (χ4n) is 1.64. The number of benzene rings is 1. The second kappa shape index (κ2) is 5.75. The lowest BCUT2D eigenvalue weighted by Crippen LogP contribution is -2.16. The Morgan fingerprint density at radius 2 is 2.06 bits per heavy atom. The maximum Gasteiger partial charge on any atom is 0.246 e. The summed E-state index contributed by atoms with van der Waals surface area (Å²) in [4.78, 5) is 4.27. The molecule has 18 heavy (non-hydrogen) atoms. The number of hydrogen-bond donors (Lipinski definition) is 1. The van der Waals surface area contributed by atoms with Gasteiger partial charge >= 0.3 is 0 Å². The Hall–Kier alpha value is -1.72. The van der Waals surface area contributed by atoms with Crippen molar-refractivity contribution >= 4 is 0 Å². The molecule has 0 aliphatic heterocycles. The number of nitrogens with zero attached hydrogens (tertiary/aromatic N) is 2. The van der Waals surface area contributed by atoms with E-state index in [0.29, 0.717) is 18.3 Å². The van der Waals surface area contributed by atoms with Gasteiger partial charge in [0.1, 0.15) is 6.04 Å². The summed E-state index contributed by atoms with van der Waals surface area (Å²) in [6.45, 7) is 2.47. The predicted octanol–water partition coefficient (Wildman–Crippen LogP) is 1.95. The first-order valence-corrected chi connectivity index (χ1v) is 5.92. The Labute approximate surface area is 106 Å². The molecule has 1 aromatic carbocycles.